The summed E-state index contributed by atoms with van der Waals surface area (Å²) >= 11 is 3.24. The minimum absolute atomic E-state index is 0. The van der Waals surface area contributed by atoms with Crippen LogP contribution in [0.3, 0.4) is 0 Å². The van der Waals surface area contributed by atoms with Crippen LogP contribution in [-0.4, -0.2) is 31.1 Å². The molecule has 5 heteroatoms. The summed E-state index contributed by atoms with van der Waals surface area (Å²) in [7, 11) is 0. The largest absolute Gasteiger partial charge is 0.314 e. The maximum absolute atomic E-state index is 13.8. The second kappa shape index (κ2) is 7.21. The number of hydrogen-bond acceptors (Lipinski definition) is 2. The molecule has 1 atom stereocenters. The second-order valence-electron chi connectivity index (χ2n) is 5.65. The van der Waals surface area contributed by atoms with E-state index in [0.29, 0.717) is 10.5 Å². The summed E-state index contributed by atoms with van der Waals surface area (Å²) < 4.78 is 14.3. The van der Waals surface area contributed by atoms with Crippen LogP contribution in [0.2, 0.25) is 0 Å². The smallest absolute Gasteiger partial charge is 0.137 e. The molecule has 1 heterocycles. The second-order valence-corrected chi connectivity index (χ2v) is 6.51. The van der Waals surface area contributed by atoms with Crippen LogP contribution in [0.4, 0.5) is 4.39 Å². The van der Waals surface area contributed by atoms with Gasteiger partial charge >= 0.3 is 0 Å². The van der Waals surface area contributed by atoms with Crippen LogP contribution >= 0.6 is 28.3 Å². The van der Waals surface area contributed by atoms with Gasteiger partial charge in [-0.15, -0.1) is 12.4 Å². The number of halogens is 3. The quantitative estimate of drug-likeness (QED) is 0.876. The summed E-state index contributed by atoms with van der Waals surface area (Å²) in [5, 5.41) is 3.39. The third kappa shape index (κ3) is 3.94. The van der Waals surface area contributed by atoms with Crippen LogP contribution in [0.25, 0.3) is 0 Å². The van der Waals surface area contributed by atoms with E-state index in [1.165, 1.54) is 19.3 Å². The van der Waals surface area contributed by atoms with Crippen LogP contribution in [0.15, 0.2) is 22.7 Å². The van der Waals surface area contributed by atoms with Crippen molar-refractivity contribution in [3.8, 4) is 0 Å². The summed E-state index contributed by atoms with van der Waals surface area (Å²) in [4.78, 5) is 2.51. The van der Waals surface area contributed by atoms with Gasteiger partial charge in [0, 0.05) is 32.2 Å². The van der Waals surface area contributed by atoms with Gasteiger partial charge in [0.1, 0.15) is 5.82 Å². The first-order valence-corrected chi connectivity index (χ1v) is 7.93. The van der Waals surface area contributed by atoms with E-state index in [1.54, 1.807) is 6.07 Å². The molecule has 1 aromatic carbocycles. The molecule has 2 nitrogen and oxygen atoms in total. The van der Waals surface area contributed by atoms with Crippen molar-refractivity contribution < 1.29 is 4.39 Å². The first-order chi connectivity index (χ1) is 9.24. The molecule has 112 valence electrons. The lowest BCUT2D eigenvalue weighted by Gasteiger charge is -2.35. The standard InChI is InChI=1S/C15H20BrFN2.ClH/c16-13-4-3-12(10-14(13)17)15(9-11-1-2-11)19-7-5-18-6-8-19;/h3-4,10-11,15,18H,1-2,5-9H2;1H/t15-;/m1./s1. The zero-order chi connectivity index (χ0) is 13.2. The molecule has 0 spiro atoms. The van der Waals surface area contributed by atoms with Crippen molar-refractivity contribution in [3.63, 3.8) is 0 Å². The summed E-state index contributed by atoms with van der Waals surface area (Å²) in [5.41, 5.74) is 1.13. The van der Waals surface area contributed by atoms with Gasteiger partial charge in [-0.2, -0.15) is 0 Å². The Morgan fingerprint density at radius 3 is 2.60 bits per heavy atom. The van der Waals surface area contributed by atoms with Crippen LogP contribution < -0.4 is 5.32 Å². The highest BCUT2D eigenvalue weighted by Gasteiger charge is 2.30. The molecule has 1 N–H and O–H groups in total. The molecule has 0 aromatic heterocycles. The molecule has 2 fully saturated rings. The maximum Gasteiger partial charge on any atom is 0.137 e. The topological polar surface area (TPSA) is 15.3 Å². The van der Waals surface area contributed by atoms with Gasteiger partial charge in [0.15, 0.2) is 0 Å². The van der Waals surface area contributed by atoms with Gasteiger partial charge in [0.05, 0.1) is 4.47 Å². The van der Waals surface area contributed by atoms with Gasteiger partial charge in [-0.1, -0.05) is 18.9 Å². The molecule has 1 aliphatic carbocycles. The van der Waals surface area contributed by atoms with E-state index < -0.39 is 0 Å². The van der Waals surface area contributed by atoms with Gasteiger partial charge in [-0.3, -0.25) is 4.90 Å². The Hall–Kier alpha value is -0.160. The zero-order valence-electron chi connectivity index (χ0n) is 11.4. The molecular weight excluding hydrogens is 343 g/mol. The Bertz CT molecular complexity index is 447. The Balaban J connectivity index is 0.00000147. The lowest BCUT2D eigenvalue weighted by molar-refractivity contribution is 0.160. The molecule has 0 amide bonds. The third-order valence-electron chi connectivity index (χ3n) is 4.17. The van der Waals surface area contributed by atoms with Crippen molar-refractivity contribution >= 4 is 28.3 Å². The van der Waals surface area contributed by atoms with Crippen molar-refractivity contribution in [2.45, 2.75) is 25.3 Å². The van der Waals surface area contributed by atoms with Crippen molar-refractivity contribution in [3.05, 3.63) is 34.1 Å². The van der Waals surface area contributed by atoms with E-state index in [1.807, 2.05) is 6.07 Å². The number of piperazine rings is 1. The average Bonchev–Trinajstić information content (AvgIpc) is 3.24. The number of hydrogen-bond donors (Lipinski definition) is 1. The lowest BCUT2D eigenvalue weighted by Crippen LogP contribution is -2.45. The summed E-state index contributed by atoms with van der Waals surface area (Å²) in [6.07, 6.45) is 3.88. The molecule has 20 heavy (non-hydrogen) atoms. The first-order valence-electron chi connectivity index (χ1n) is 7.14. The van der Waals surface area contributed by atoms with Gasteiger partial charge in [-0.05, 0) is 46.0 Å². The molecule has 1 saturated carbocycles. The molecule has 0 bridgehead atoms. The van der Waals surface area contributed by atoms with Gasteiger partial charge in [0.25, 0.3) is 0 Å². The molecule has 3 rings (SSSR count). The number of nitrogens with zero attached hydrogens (tertiary/aromatic N) is 1. The van der Waals surface area contributed by atoms with Crippen molar-refractivity contribution in [1.29, 1.82) is 0 Å². The first kappa shape index (κ1) is 16.2. The third-order valence-corrected chi connectivity index (χ3v) is 4.82. The fourth-order valence-electron chi connectivity index (χ4n) is 2.88. The highest BCUT2D eigenvalue weighted by molar-refractivity contribution is 9.10. The van der Waals surface area contributed by atoms with Crippen molar-refractivity contribution in [2.24, 2.45) is 5.92 Å². The predicted octanol–water partition coefficient (Wildman–Crippen LogP) is 3.76. The molecule has 1 saturated heterocycles. The fourth-order valence-corrected chi connectivity index (χ4v) is 3.13. The lowest BCUT2D eigenvalue weighted by atomic mass is 9.98. The molecule has 1 aromatic rings. The Labute approximate surface area is 134 Å². The average molecular weight is 364 g/mol. The zero-order valence-corrected chi connectivity index (χ0v) is 13.9. The van der Waals surface area contributed by atoms with Crippen LogP contribution in [0.5, 0.6) is 0 Å². The van der Waals surface area contributed by atoms with Gasteiger partial charge in [-0.25, -0.2) is 4.39 Å². The van der Waals surface area contributed by atoms with Crippen molar-refractivity contribution in [1.82, 2.24) is 10.2 Å². The van der Waals surface area contributed by atoms with Crippen LogP contribution in [-0.2, 0) is 0 Å². The van der Waals surface area contributed by atoms with Crippen molar-refractivity contribution in [2.75, 3.05) is 26.2 Å². The van der Waals surface area contributed by atoms with Gasteiger partial charge < -0.3 is 5.32 Å². The Morgan fingerprint density at radius 2 is 2.00 bits per heavy atom. The molecule has 0 radical (unpaired) electrons. The normalized spacial score (nSPS) is 21.3. The summed E-state index contributed by atoms with van der Waals surface area (Å²) in [6, 6.07) is 6.01. The maximum atomic E-state index is 13.8. The monoisotopic (exact) mass is 362 g/mol. The molecular formula is C15H21BrClFN2. The van der Waals surface area contributed by atoms with E-state index in [9.17, 15) is 4.39 Å². The number of rotatable bonds is 4. The molecule has 0 unspecified atom stereocenters. The summed E-state index contributed by atoms with van der Waals surface area (Å²) in [5.74, 6) is 0.708. The fraction of sp³-hybridized carbons (Fsp3) is 0.600. The van der Waals surface area contributed by atoms with Crippen LogP contribution in [0.1, 0.15) is 30.9 Å². The van der Waals surface area contributed by atoms with E-state index >= 15 is 0 Å². The van der Waals surface area contributed by atoms with Crippen LogP contribution in [0, 0.1) is 11.7 Å². The van der Waals surface area contributed by atoms with E-state index in [2.05, 4.69) is 32.2 Å². The summed E-state index contributed by atoms with van der Waals surface area (Å²) in [6.45, 7) is 4.21. The van der Waals surface area contributed by atoms with E-state index in [4.69, 9.17) is 0 Å². The minimum Gasteiger partial charge on any atom is -0.314 e. The van der Waals surface area contributed by atoms with E-state index in [0.717, 1.165) is 37.7 Å². The SMILES string of the molecule is Cl.Fc1cc([C@@H](CC2CC2)N2CCNCC2)ccc1Br. The Kier molecular flexibility index (Phi) is 5.84. The highest BCUT2D eigenvalue weighted by atomic mass is 79.9. The molecule has 2 aliphatic rings. The highest BCUT2D eigenvalue weighted by Crippen LogP contribution is 2.40. The minimum atomic E-state index is -0.145. The number of benzene rings is 1. The predicted molar refractivity (Wildman–Crippen MR) is 85.9 cm³/mol. The molecule has 1 aliphatic heterocycles. The van der Waals surface area contributed by atoms with E-state index in [-0.39, 0.29) is 18.2 Å². The van der Waals surface area contributed by atoms with Gasteiger partial charge in [0.2, 0.25) is 0 Å². The number of nitrogens with one attached hydrogen (secondary N) is 1. The Morgan fingerprint density at radius 1 is 1.30 bits per heavy atom.